The largest absolute Gasteiger partial charge is 0.466 e. The Morgan fingerprint density at radius 1 is 1.26 bits per heavy atom. The smallest absolute Gasteiger partial charge is 0.106 e. The van der Waals surface area contributed by atoms with E-state index in [0.29, 0.717) is 0 Å². The Morgan fingerprint density at radius 2 is 2.05 bits per heavy atom. The molecule has 1 unspecified atom stereocenters. The molecular weight excluding hydrogens is 344 g/mol. The van der Waals surface area contributed by atoms with Gasteiger partial charge in [-0.05, 0) is 58.2 Å². The van der Waals surface area contributed by atoms with Crippen molar-refractivity contribution < 1.29 is 4.42 Å². The van der Waals surface area contributed by atoms with E-state index in [0.717, 1.165) is 27.1 Å². The lowest BCUT2D eigenvalue weighted by Crippen LogP contribution is -1.92. The number of hydrogen-bond donors (Lipinski definition) is 0. The molecule has 3 aromatic rings. The first-order valence-corrected chi connectivity index (χ1v) is 8.05. The van der Waals surface area contributed by atoms with Crippen molar-refractivity contribution in [2.75, 3.05) is 0 Å². The van der Waals surface area contributed by atoms with Gasteiger partial charge < -0.3 is 4.42 Å². The highest BCUT2D eigenvalue weighted by Gasteiger charge is 2.20. The Bertz CT molecular complexity index is 744. The molecule has 0 aliphatic heterocycles. The molecule has 0 aliphatic rings. The van der Waals surface area contributed by atoms with Crippen molar-refractivity contribution in [3.63, 3.8) is 0 Å². The van der Waals surface area contributed by atoms with Crippen LogP contribution in [0.3, 0.4) is 0 Å². The van der Waals surface area contributed by atoms with E-state index < -0.39 is 0 Å². The number of furan rings is 1. The molecule has 1 aromatic carbocycles. The Labute approximate surface area is 129 Å². The van der Waals surface area contributed by atoms with Crippen LogP contribution in [0.25, 0.3) is 10.1 Å². The van der Waals surface area contributed by atoms with Gasteiger partial charge in [0.25, 0.3) is 0 Å². The molecule has 0 aliphatic carbocycles. The first-order chi connectivity index (χ1) is 9.08. The first-order valence-electron chi connectivity index (χ1n) is 5.94. The van der Waals surface area contributed by atoms with Crippen molar-refractivity contribution in [3.8, 4) is 0 Å². The van der Waals surface area contributed by atoms with E-state index in [1.165, 1.54) is 10.1 Å². The van der Waals surface area contributed by atoms with E-state index in [1.54, 1.807) is 11.3 Å². The van der Waals surface area contributed by atoms with Gasteiger partial charge >= 0.3 is 0 Å². The summed E-state index contributed by atoms with van der Waals surface area (Å²) in [5, 5.41) is 3.17. The van der Waals surface area contributed by atoms with Crippen molar-refractivity contribution in [2.24, 2.45) is 0 Å². The van der Waals surface area contributed by atoms with E-state index in [-0.39, 0.29) is 5.38 Å². The van der Waals surface area contributed by atoms with Gasteiger partial charge in [0.15, 0.2) is 0 Å². The van der Waals surface area contributed by atoms with E-state index >= 15 is 0 Å². The van der Waals surface area contributed by atoms with Crippen LogP contribution in [-0.4, -0.2) is 0 Å². The number of thiophene rings is 1. The van der Waals surface area contributed by atoms with Crippen molar-refractivity contribution in [1.29, 1.82) is 0 Å². The first kappa shape index (κ1) is 13.2. The highest BCUT2D eigenvalue weighted by Crippen LogP contribution is 2.41. The number of alkyl halides is 1. The molecule has 0 amide bonds. The molecule has 1 atom stereocenters. The normalized spacial score (nSPS) is 13.1. The van der Waals surface area contributed by atoms with Gasteiger partial charge in [-0.15, -0.1) is 22.9 Å². The molecule has 0 bridgehead atoms. The van der Waals surface area contributed by atoms with Gasteiger partial charge in [0.1, 0.15) is 11.5 Å². The minimum absolute atomic E-state index is 0.166. The third-order valence-corrected chi connectivity index (χ3v) is 5.65. The molecule has 3 rings (SSSR count). The second-order valence-electron chi connectivity index (χ2n) is 4.54. The van der Waals surface area contributed by atoms with Crippen LogP contribution in [0.5, 0.6) is 0 Å². The Hall–Kier alpha value is -0.770. The summed E-state index contributed by atoms with van der Waals surface area (Å²) in [6, 6.07) is 8.23. The summed E-state index contributed by atoms with van der Waals surface area (Å²) in [7, 11) is 0. The molecule has 0 saturated heterocycles. The average molecular weight is 356 g/mol. The van der Waals surface area contributed by atoms with Crippen molar-refractivity contribution in [2.45, 2.75) is 19.2 Å². The zero-order valence-electron chi connectivity index (χ0n) is 10.5. The van der Waals surface area contributed by atoms with Gasteiger partial charge in [-0.2, -0.15) is 0 Å². The van der Waals surface area contributed by atoms with Crippen LogP contribution in [0.4, 0.5) is 0 Å². The molecule has 2 heterocycles. The minimum atomic E-state index is -0.166. The van der Waals surface area contributed by atoms with Crippen LogP contribution in [-0.2, 0) is 0 Å². The molecule has 0 fully saturated rings. The fourth-order valence-electron chi connectivity index (χ4n) is 2.31. The SMILES string of the molecule is Cc1cc(C(Cl)c2csc3c(Br)cccc23)c(C)o1. The Kier molecular flexibility index (Phi) is 3.46. The van der Waals surface area contributed by atoms with Crippen LogP contribution >= 0.6 is 38.9 Å². The van der Waals surface area contributed by atoms with Gasteiger partial charge in [-0.1, -0.05) is 12.1 Å². The summed E-state index contributed by atoms with van der Waals surface area (Å²) in [5.41, 5.74) is 2.20. The van der Waals surface area contributed by atoms with Crippen LogP contribution < -0.4 is 0 Å². The van der Waals surface area contributed by atoms with Gasteiger partial charge in [-0.25, -0.2) is 0 Å². The number of aryl methyl sites for hydroxylation is 2. The summed E-state index contributed by atoms with van der Waals surface area (Å²) in [4.78, 5) is 0. The number of benzene rings is 1. The van der Waals surface area contributed by atoms with E-state index in [2.05, 4.69) is 33.4 Å². The third-order valence-electron chi connectivity index (χ3n) is 3.21. The monoisotopic (exact) mass is 354 g/mol. The van der Waals surface area contributed by atoms with Gasteiger partial charge in [-0.3, -0.25) is 0 Å². The third kappa shape index (κ3) is 2.24. The van der Waals surface area contributed by atoms with Gasteiger partial charge in [0, 0.05) is 14.7 Å². The summed E-state index contributed by atoms with van der Waals surface area (Å²) < 4.78 is 7.93. The van der Waals surface area contributed by atoms with Crippen molar-refractivity contribution in [1.82, 2.24) is 0 Å². The lowest BCUT2D eigenvalue weighted by Gasteiger charge is -2.07. The number of halogens is 2. The fourth-order valence-corrected chi connectivity index (χ4v) is 4.43. The topological polar surface area (TPSA) is 13.1 Å². The van der Waals surface area contributed by atoms with E-state index in [9.17, 15) is 0 Å². The lowest BCUT2D eigenvalue weighted by atomic mass is 10.0. The second kappa shape index (κ2) is 4.97. The molecule has 0 radical (unpaired) electrons. The molecule has 98 valence electrons. The van der Waals surface area contributed by atoms with Crippen LogP contribution in [0.1, 0.15) is 28.0 Å². The Morgan fingerprint density at radius 3 is 2.74 bits per heavy atom. The maximum absolute atomic E-state index is 6.65. The molecule has 1 nitrogen and oxygen atoms in total. The highest BCUT2D eigenvalue weighted by atomic mass is 79.9. The number of hydrogen-bond acceptors (Lipinski definition) is 2. The summed E-state index contributed by atoms with van der Waals surface area (Å²) >= 11 is 12.0. The molecule has 19 heavy (non-hydrogen) atoms. The quantitative estimate of drug-likeness (QED) is 0.499. The standard InChI is InChI=1S/C15H12BrClOS/c1-8-6-11(9(2)18-8)14(17)12-7-19-15-10(12)4-3-5-13(15)16/h3-7,14H,1-2H3. The molecule has 0 saturated carbocycles. The predicted octanol–water partition coefficient (Wildman–Crippen LogP) is 6.20. The summed E-state index contributed by atoms with van der Waals surface area (Å²) in [5.74, 6) is 1.80. The lowest BCUT2D eigenvalue weighted by molar-refractivity contribution is 0.501. The summed E-state index contributed by atoms with van der Waals surface area (Å²) in [6.45, 7) is 3.91. The number of fused-ring (bicyclic) bond motifs is 1. The van der Waals surface area contributed by atoms with E-state index in [4.69, 9.17) is 16.0 Å². The van der Waals surface area contributed by atoms with Crippen LogP contribution in [0.2, 0.25) is 0 Å². The molecular formula is C15H12BrClOS. The van der Waals surface area contributed by atoms with Gasteiger partial charge in [0.05, 0.1) is 5.38 Å². The maximum atomic E-state index is 6.65. The maximum Gasteiger partial charge on any atom is 0.106 e. The number of rotatable bonds is 2. The minimum Gasteiger partial charge on any atom is -0.466 e. The predicted molar refractivity (Wildman–Crippen MR) is 85.4 cm³/mol. The molecule has 0 spiro atoms. The zero-order chi connectivity index (χ0) is 13.6. The summed E-state index contributed by atoms with van der Waals surface area (Å²) in [6.07, 6.45) is 0. The van der Waals surface area contributed by atoms with Gasteiger partial charge in [0.2, 0.25) is 0 Å². The van der Waals surface area contributed by atoms with E-state index in [1.807, 2.05) is 26.0 Å². The molecule has 0 N–H and O–H groups in total. The Balaban J connectivity index is 2.14. The van der Waals surface area contributed by atoms with Crippen LogP contribution in [0, 0.1) is 13.8 Å². The van der Waals surface area contributed by atoms with Crippen LogP contribution in [0.15, 0.2) is 38.5 Å². The molecule has 2 aromatic heterocycles. The average Bonchev–Trinajstić information content (AvgIpc) is 2.93. The molecule has 4 heteroatoms. The van der Waals surface area contributed by atoms with Crippen molar-refractivity contribution >= 4 is 49.0 Å². The fraction of sp³-hybridized carbons (Fsp3) is 0.200. The zero-order valence-corrected chi connectivity index (χ0v) is 13.7. The highest BCUT2D eigenvalue weighted by molar-refractivity contribution is 9.10. The van der Waals surface area contributed by atoms with Crippen molar-refractivity contribution in [3.05, 3.63) is 56.8 Å². The second-order valence-corrected chi connectivity index (χ2v) is 6.71.